The van der Waals surface area contributed by atoms with Gasteiger partial charge in [-0.1, -0.05) is 26.0 Å². The Morgan fingerprint density at radius 2 is 2.05 bits per heavy atom. The van der Waals surface area contributed by atoms with E-state index in [0.717, 1.165) is 0 Å². The summed E-state index contributed by atoms with van der Waals surface area (Å²) < 4.78 is 13.3. The third-order valence-corrected chi connectivity index (χ3v) is 2.60. The summed E-state index contributed by atoms with van der Waals surface area (Å²) in [6.07, 6.45) is 0.576. The molecule has 1 aromatic rings. The minimum Gasteiger partial charge on any atom is -0.388 e. The molecule has 0 spiro atoms. The zero-order chi connectivity index (χ0) is 14.5. The monoisotopic (exact) mass is 268 g/mol. The molecule has 1 atom stereocenters. The maximum atomic E-state index is 13.3. The van der Waals surface area contributed by atoms with E-state index in [1.165, 1.54) is 12.1 Å². The van der Waals surface area contributed by atoms with Gasteiger partial charge in [-0.15, -0.1) is 0 Å². The smallest absolute Gasteiger partial charge is 0.319 e. The Morgan fingerprint density at radius 3 is 2.63 bits per heavy atom. The van der Waals surface area contributed by atoms with Crippen LogP contribution in [0.15, 0.2) is 24.3 Å². The number of hydrogen-bond donors (Lipinski definition) is 3. The fraction of sp³-hybridized carbons (Fsp3) is 0.500. The van der Waals surface area contributed by atoms with Gasteiger partial charge in [-0.05, 0) is 31.4 Å². The summed E-state index contributed by atoms with van der Waals surface area (Å²) in [7, 11) is 0. The molecule has 19 heavy (non-hydrogen) atoms. The van der Waals surface area contributed by atoms with Gasteiger partial charge in [0.25, 0.3) is 0 Å². The quantitative estimate of drug-likeness (QED) is 0.769. The molecule has 0 aliphatic heterocycles. The first kappa shape index (κ1) is 15.4. The van der Waals surface area contributed by atoms with E-state index in [1.807, 2.05) is 13.8 Å². The third-order valence-electron chi connectivity index (χ3n) is 2.60. The van der Waals surface area contributed by atoms with Crippen molar-refractivity contribution < 1.29 is 14.3 Å². The summed E-state index contributed by atoms with van der Waals surface area (Å²) in [5.74, 6) is -0.169. The first-order chi connectivity index (χ1) is 8.80. The molecule has 5 heteroatoms. The van der Waals surface area contributed by atoms with E-state index in [1.54, 1.807) is 19.1 Å². The Morgan fingerprint density at radius 1 is 1.42 bits per heavy atom. The summed E-state index contributed by atoms with van der Waals surface area (Å²) in [6, 6.07) is 5.39. The van der Waals surface area contributed by atoms with Crippen molar-refractivity contribution in [2.24, 2.45) is 5.92 Å². The van der Waals surface area contributed by atoms with Gasteiger partial charge in [0, 0.05) is 6.54 Å². The number of anilines is 1. The summed E-state index contributed by atoms with van der Waals surface area (Å²) in [5.41, 5.74) is -0.857. The van der Waals surface area contributed by atoms with Crippen molar-refractivity contribution in [2.45, 2.75) is 32.8 Å². The van der Waals surface area contributed by atoms with Crippen molar-refractivity contribution in [3.8, 4) is 0 Å². The minimum absolute atomic E-state index is 0.114. The Bertz CT molecular complexity index is 433. The van der Waals surface area contributed by atoms with Crippen LogP contribution in [0, 0.1) is 11.7 Å². The van der Waals surface area contributed by atoms with Crippen molar-refractivity contribution in [1.29, 1.82) is 0 Å². The lowest BCUT2D eigenvalue weighted by Crippen LogP contribution is -2.43. The molecule has 3 N–H and O–H groups in total. The fourth-order valence-corrected chi connectivity index (χ4v) is 1.95. The van der Waals surface area contributed by atoms with Gasteiger partial charge >= 0.3 is 6.03 Å². The van der Waals surface area contributed by atoms with Crippen LogP contribution in [-0.2, 0) is 0 Å². The normalized spacial score (nSPS) is 14.0. The van der Waals surface area contributed by atoms with Crippen LogP contribution >= 0.6 is 0 Å². The second kappa shape index (κ2) is 6.52. The molecule has 106 valence electrons. The van der Waals surface area contributed by atoms with Gasteiger partial charge in [0.15, 0.2) is 0 Å². The predicted octanol–water partition coefficient (Wildman–Crippen LogP) is 2.74. The molecule has 0 aromatic heterocycles. The van der Waals surface area contributed by atoms with Crippen LogP contribution in [0.25, 0.3) is 0 Å². The van der Waals surface area contributed by atoms with E-state index in [0.29, 0.717) is 12.3 Å². The molecule has 1 unspecified atom stereocenters. The van der Waals surface area contributed by atoms with Crippen molar-refractivity contribution in [3.05, 3.63) is 30.1 Å². The van der Waals surface area contributed by atoms with Gasteiger partial charge < -0.3 is 15.7 Å². The van der Waals surface area contributed by atoms with Crippen molar-refractivity contribution in [2.75, 3.05) is 11.9 Å². The lowest BCUT2D eigenvalue weighted by Gasteiger charge is -2.25. The van der Waals surface area contributed by atoms with Crippen LogP contribution in [0.2, 0.25) is 0 Å². The van der Waals surface area contributed by atoms with Crippen LogP contribution in [0.5, 0.6) is 0 Å². The van der Waals surface area contributed by atoms with E-state index in [2.05, 4.69) is 10.6 Å². The maximum Gasteiger partial charge on any atom is 0.319 e. The molecule has 0 radical (unpaired) electrons. The number of rotatable bonds is 5. The number of amides is 2. The molecule has 0 aliphatic rings. The molecule has 0 fully saturated rings. The number of benzene rings is 1. The number of aliphatic hydroxyl groups is 1. The van der Waals surface area contributed by atoms with Crippen molar-refractivity contribution in [3.63, 3.8) is 0 Å². The third kappa shape index (κ3) is 5.70. The highest BCUT2D eigenvalue weighted by Gasteiger charge is 2.22. The number of para-hydroxylation sites is 1. The van der Waals surface area contributed by atoms with Crippen LogP contribution in [-0.4, -0.2) is 23.3 Å². The summed E-state index contributed by atoms with van der Waals surface area (Å²) >= 11 is 0. The second-order valence-corrected chi connectivity index (χ2v) is 5.38. The zero-order valence-corrected chi connectivity index (χ0v) is 11.5. The van der Waals surface area contributed by atoms with Gasteiger partial charge in [0.05, 0.1) is 11.3 Å². The number of carbonyl (C=O) groups excluding carboxylic acids is 1. The second-order valence-electron chi connectivity index (χ2n) is 5.38. The molecule has 1 aromatic carbocycles. The van der Waals surface area contributed by atoms with E-state index in [-0.39, 0.29) is 12.2 Å². The fourth-order valence-electron chi connectivity index (χ4n) is 1.95. The van der Waals surface area contributed by atoms with E-state index in [9.17, 15) is 14.3 Å². The topological polar surface area (TPSA) is 61.4 Å². The highest BCUT2D eigenvalue weighted by molar-refractivity contribution is 5.89. The zero-order valence-electron chi connectivity index (χ0n) is 11.5. The molecule has 0 saturated heterocycles. The SMILES string of the molecule is CC(C)CC(C)(O)CNC(=O)Nc1ccccc1F. The van der Waals surface area contributed by atoms with Crippen LogP contribution in [0.4, 0.5) is 14.9 Å². The number of hydrogen-bond acceptors (Lipinski definition) is 2. The van der Waals surface area contributed by atoms with E-state index in [4.69, 9.17) is 0 Å². The number of carbonyl (C=O) groups is 1. The lowest BCUT2D eigenvalue weighted by atomic mass is 9.94. The number of nitrogens with one attached hydrogen (secondary N) is 2. The molecule has 0 bridgehead atoms. The molecular formula is C14H21FN2O2. The highest BCUT2D eigenvalue weighted by atomic mass is 19.1. The minimum atomic E-state index is -0.971. The van der Waals surface area contributed by atoms with Crippen molar-refractivity contribution >= 4 is 11.7 Å². The number of halogens is 1. The van der Waals surface area contributed by atoms with Gasteiger partial charge in [-0.3, -0.25) is 0 Å². The van der Waals surface area contributed by atoms with E-state index >= 15 is 0 Å². The summed E-state index contributed by atoms with van der Waals surface area (Å²) in [5, 5.41) is 15.0. The summed E-state index contributed by atoms with van der Waals surface area (Å²) in [4.78, 5) is 11.6. The predicted molar refractivity (Wildman–Crippen MR) is 73.5 cm³/mol. The molecule has 0 aliphatic carbocycles. The molecule has 2 amide bonds. The molecule has 0 saturated carbocycles. The molecule has 1 rings (SSSR count). The largest absolute Gasteiger partial charge is 0.388 e. The van der Waals surface area contributed by atoms with Gasteiger partial charge in [-0.2, -0.15) is 0 Å². The first-order valence-electron chi connectivity index (χ1n) is 6.32. The Balaban J connectivity index is 2.46. The van der Waals surface area contributed by atoms with Gasteiger partial charge in [0.2, 0.25) is 0 Å². The van der Waals surface area contributed by atoms with Crippen LogP contribution < -0.4 is 10.6 Å². The van der Waals surface area contributed by atoms with Crippen LogP contribution in [0.3, 0.4) is 0 Å². The van der Waals surface area contributed by atoms with Crippen LogP contribution in [0.1, 0.15) is 27.2 Å². The van der Waals surface area contributed by atoms with Crippen molar-refractivity contribution in [1.82, 2.24) is 5.32 Å². The molecule has 4 nitrogen and oxygen atoms in total. The average Bonchev–Trinajstić information content (AvgIpc) is 2.28. The lowest BCUT2D eigenvalue weighted by molar-refractivity contribution is 0.0413. The Hall–Kier alpha value is -1.62. The maximum absolute atomic E-state index is 13.3. The first-order valence-corrected chi connectivity index (χ1v) is 6.32. The van der Waals surface area contributed by atoms with Gasteiger partial charge in [0.1, 0.15) is 5.82 Å². The van der Waals surface area contributed by atoms with E-state index < -0.39 is 17.4 Å². The molecule has 0 heterocycles. The average molecular weight is 268 g/mol. The number of urea groups is 1. The highest BCUT2D eigenvalue weighted by Crippen LogP contribution is 2.15. The standard InChI is InChI=1S/C14H21FN2O2/c1-10(2)8-14(3,19)9-16-13(18)17-12-7-5-4-6-11(12)15/h4-7,10,19H,8-9H2,1-3H3,(H2,16,17,18). The Kier molecular flexibility index (Phi) is 5.30. The summed E-state index contributed by atoms with van der Waals surface area (Å²) in [6.45, 7) is 5.77. The molecular weight excluding hydrogens is 247 g/mol. The Labute approximate surface area is 113 Å². The van der Waals surface area contributed by atoms with Gasteiger partial charge in [-0.25, -0.2) is 9.18 Å².